The third-order valence-corrected chi connectivity index (χ3v) is 2.11. The van der Waals surface area contributed by atoms with Gasteiger partial charge in [-0.05, 0) is 0 Å². The van der Waals surface area contributed by atoms with Gasteiger partial charge in [0.25, 0.3) is 0 Å². The van der Waals surface area contributed by atoms with E-state index in [0.717, 1.165) is 7.11 Å². The Bertz CT molecular complexity index is 609. The minimum atomic E-state index is -5.52. The number of hydrogen-bond acceptors (Lipinski definition) is 3. The topological polar surface area (TPSA) is 110 Å². The fraction of sp³-hybridized carbons (Fsp3) is 0.667. The van der Waals surface area contributed by atoms with Crippen molar-refractivity contribution in [1.82, 2.24) is 0 Å². The summed E-state index contributed by atoms with van der Waals surface area (Å²) in [6.45, 7) is 0. The van der Waals surface area contributed by atoms with Gasteiger partial charge in [-0.3, -0.25) is 4.39 Å². The molecule has 41 heavy (non-hydrogen) atoms. The molecule has 0 aliphatic heterocycles. The fourth-order valence-corrected chi connectivity index (χ4v) is 0.817. The first-order valence-electron chi connectivity index (χ1n) is 6.67. The Hall–Kier alpha value is -11.2. The van der Waals surface area contributed by atoms with Crippen LogP contribution in [-0.4, -0.2) is 57.1 Å². The summed E-state index contributed by atoms with van der Waals surface area (Å²) in [6.07, 6.45) is -19.3. The summed E-state index contributed by atoms with van der Waals surface area (Å²) < 4.78 is 166. The number of hydrogen-bond donors (Lipinski definition) is 1. The van der Waals surface area contributed by atoms with Crippen molar-refractivity contribution in [2.75, 3.05) is 21.3 Å². The van der Waals surface area contributed by atoms with Crippen molar-refractivity contribution in [1.29, 1.82) is 0 Å². The maximum Gasteiger partial charge on any atom is 0.449 e. The van der Waals surface area contributed by atoms with Crippen molar-refractivity contribution in [2.24, 2.45) is 0 Å². The molecule has 0 bridgehead atoms. The summed E-state index contributed by atoms with van der Waals surface area (Å²) in [5.41, 5.74) is 17.4. The molecule has 0 aromatic carbocycles. The zero-order chi connectivity index (χ0) is 27.3. The minimum absolute atomic E-state index is 0. The van der Waals surface area contributed by atoms with Crippen molar-refractivity contribution >= 4 is 0 Å². The van der Waals surface area contributed by atoms with Crippen LogP contribution in [-0.2, 0) is 9.47 Å². The van der Waals surface area contributed by atoms with Gasteiger partial charge in [0, 0.05) is 14.2 Å². The molecule has 4 N–H and O–H groups in total. The molecular formula is C12H14F14N3O3Rf9-3. The molecule has 6 nitrogen and oxygen atoms in total. The average Bonchev–Trinajstić information content (AvgIpc) is 2.60. The molecule has 0 fully saturated rings. The Morgan fingerprint density at radius 3 is 0.878 bits per heavy atom. The molecule has 29 heteroatoms. The fourth-order valence-electron chi connectivity index (χ4n) is 0.817. The normalized spacial score (nSPS) is 12.7. The largest absolute Gasteiger partial charge is 0.672 e. The van der Waals surface area contributed by atoms with Crippen molar-refractivity contribution < 1.29 is 76.0 Å². The maximum atomic E-state index is 12.2. The molecule has 0 aromatic heterocycles. The van der Waals surface area contributed by atoms with Crippen LogP contribution in [0.15, 0.2) is 23.5 Å². The van der Waals surface area contributed by atoms with E-state index in [4.69, 9.17) is 22.3 Å². The van der Waals surface area contributed by atoms with Crippen molar-refractivity contribution in [3.63, 3.8) is 0 Å². The third-order valence-electron chi connectivity index (χ3n) is 2.11. The van der Waals surface area contributed by atoms with Crippen LogP contribution >= 0.6 is 0 Å². The monoisotopic (exact) mass is 2920 g/mol. The summed E-state index contributed by atoms with van der Waals surface area (Å²) in [7, 11) is 1.99. The van der Waals surface area contributed by atoms with Crippen molar-refractivity contribution in [3.05, 3.63) is 40.7 Å². The maximum absolute atomic E-state index is 12.2. The molecule has 0 radical (unpaired) electrons. The summed E-state index contributed by atoms with van der Waals surface area (Å²) in [4.78, 5) is 0. The number of allylic oxidation sites excluding steroid dienone is 2. The molecule has 0 saturated carbocycles. The van der Waals surface area contributed by atoms with Gasteiger partial charge in [-0.2, -0.15) is 39.5 Å². The van der Waals surface area contributed by atoms with E-state index in [0.29, 0.717) is 14.2 Å². The Morgan fingerprint density at radius 1 is 0.610 bits per heavy atom. The van der Waals surface area contributed by atoms with Gasteiger partial charge in [0.05, 0.1) is 25.3 Å². The number of nitrogens with one attached hydrogen (secondary N) is 3. The Labute approximate surface area is 170 Å². The average molecular weight is 2920 g/mol. The van der Waals surface area contributed by atoms with E-state index in [1.54, 1.807) is 0 Å². The molecule has 0 aromatic rings. The molecule has 0 aliphatic carbocycles. The number of aliphatic hydroxyl groups excluding tert-OH is 1. The standard InChI is InChI=1S/C4H5F5NO.C4H4F4NO.C3HF5N.CH4O.9Rf/c1-11-3(6,2(5)10)4(7,8)9;1-10-2(3(5)9)4(6,7)8;4-1(2(5)9)3(6,7)8;1-2;;;;;;;;;/h2,10H,1H3;9H,1H3;9H;2H,1H3;;;;;;;;;/q3*-1;;;;;;;;;;/b;3-2+;2-1+;;;;;;;;;;. The van der Waals surface area contributed by atoms with Crippen molar-refractivity contribution in [3.8, 4) is 0 Å². The van der Waals surface area contributed by atoms with E-state index >= 15 is 0 Å². The number of methoxy groups -OCH3 is 2. The quantitative estimate of drug-likeness (QED) is 0.189. The summed E-state index contributed by atoms with van der Waals surface area (Å²) in [5, 5.41) is 7.00. The van der Waals surface area contributed by atoms with E-state index in [2.05, 4.69) is 9.47 Å². The second-order valence-corrected chi connectivity index (χ2v) is 4.18. The van der Waals surface area contributed by atoms with Gasteiger partial charge in [-0.15, -0.1) is 0 Å². The van der Waals surface area contributed by atoms with Gasteiger partial charge in [-0.1, -0.05) is 0 Å². The predicted octanol–water partition coefficient (Wildman–Crippen LogP) is 6.91. The van der Waals surface area contributed by atoms with Crippen molar-refractivity contribution in [2.45, 2.75) is 30.7 Å². The molecule has 0 aliphatic rings. The molecule has 2 atom stereocenters. The van der Waals surface area contributed by atoms with E-state index in [1.165, 1.54) is 0 Å². The van der Waals surface area contributed by atoms with Gasteiger partial charge in [0.2, 0.25) is 11.6 Å². The van der Waals surface area contributed by atoms with E-state index < -0.39 is 54.2 Å². The number of ether oxygens (including phenoxy) is 2. The molecule has 0 saturated heterocycles. The number of rotatable bonds is 3. The van der Waals surface area contributed by atoms with E-state index in [1.807, 2.05) is 0 Å². The first kappa shape index (κ1) is 87.6. The number of halogens is 14. The van der Waals surface area contributed by atoms with Crippen LogP contribution in [0.2, 0.25) is 0 Å². The van der Waals surface area contributed by atoms with Crippen LogP contribution in [0.25, 0.3) is 17.2 Å². The van der Waals surface area contributed by atoms with Gasteiger partial charge >= 0.3 is 24.4 Å². The zero-order valence-electron chi connectivity index (χ0n) is 22.0. The second-order valence-electron chi connectivity index (χ2n) is 4.18. The summed E-state index contributed by atoms with van der Waals surface area (Å²) >= 11 is 0. The second kappa shape index (κ2) is 25.0. The molecule has 214 valence electrons. The smallest absolute Gasteiger partial charge is 0.449 e. The van der Waals surface area contributed by atoms with Crippen LogP contribution in [0.4, 0.5) is 61.5 Å². The van der Waals surface area contributed by atoms with Gasteiger partial charge in [-0.25, -0.2) is 17.6 Å². The third kappa shape index (κ3) is 24.9. The van der Waals surface area contributed by atoms with Crippen LogP contribution in [0.1, 0.15) is 0 Å². The van der Waals surface area contributed by atoms with Gasteiger partial charge < -0.3 is 31.8 Å². The van der Waals surface area contributed by atoms with E-state index in [-0.39, 0.29) is 0 Å². The summed E-state index contributed by atoms with van der Waals surface area (Å²) in [5.74, 6) is -14.1. The first-order valence-corrected chi connectivity index (χ1v) is 6.67. The van der Waals surface area contributed by atoms with Gasteiger partial charge in [0.15, 0.2) is 0 Å². The molecule has 0 amide bonds. The van der Waals surface area contributed by atoms with Gasteiger partial charge in [0.1, 0.15) is 0 Å². The van der Waals surface area contributed by atoms with Crippen LogP contribution in [0.5, 0.6) is 0 Å². The summed E-state index contributed by atoms with van der Waals surface area (Å²) in [6, 6.07) is 0. The first-order chi connectivity index (χ1) is 14.0. The number of alkyl halides is 11. The minimum Gasteiger partial charge on any atom is -0.672 e. The molecule has 2 unspecified atom stereocenters. The Kier molecular flexibility index (Phi) is 53.5. The Morgan fingerprint density at radius 2 is 0.878 bits per heavy atom. The molecule has 0 heterocycles. The predicted molar refractivity (Wildman–Crippen MR) is 79.4 cm³/mol. The zero-order valence-corrected chi connectivity index (χ0v) is 79.6. The SMILES string of the molecule is CO.CO/C(=C(/[NH-])F)C(F)(F)F.COC(F)(C([NH-])F)C(F)(F)F.[NH-]/C(F)=C(/F)C(F)(F)F.[Rf].[Rf].[Rf].[Rf].[Rf].[Rf].[Rf].[Rf].[Rf]. The van der Waals surface area contributed by atoms with Crippen LogP contribution < -0.4 is 0 Å². The molecule has 0 rings (SSSR count). The van der Waals surface area contributed by atoms with E-state index in [9.17, 15) is 61.5 Å². The Balaban J connectivity index is -0.0000000229. The molecular weight excluding hydrogens is 2900 g/mol. The molecule has 0 spiro atoms. The van der Waals surface area contributed by atoms with Crippen LogP contribution in [0.3, 0.4) is 0 Å². The number of aliphatic hydroxyl groups is 1. The van der Waals surface area contributed by atoms with Crippen LogP contribution in [0, 0.1) is 0 Å².